The molecule has 1 aromatic heterocycles. The molecule has 80 valence electrons. The lowest BCUT2D eigenvalue weighted by Gasteiger charge is -2.14. The van der Waals surface area contributed by atoms with Crippen LogP contribution < -0.4 is 5.32 Å². The van der Waals surface area contributed by atoms with Crippen molar-refractivity contribution in [2.45, 2.75) is 6.04 Å². The van der Waals surface area contributed by atoms with Gasteiger partial charge >= 0.3 is 0 Å². The molecule has 0 amide bonds. The fourth-order valence-electron chi connectivity index (χ4n) is 1.16. The van der Waals surface area contributed by atoms with E-state index < -0.39 is 0 Å². The van der Waals surface area contributed by atoms with Crippen LogP contribution in [0.3, 0.4) is 0 Å². The number of likely N-dealkylation sites (N-methyl/N-ethyl adjacent to an activating group) is 1. The molecule has 0 radical (unpaired) electrons. The number of nitrogens with one attached hydrogen (secondary N) is 1. The summed E-state index contributed by atoms with van der Waals surface area (Å²) in [6, 6.07) is 2.12. The minimum atomic E-state index is 0.186. The molecule has 0 aliphatic carbocycles. The second kappa shape index (κ2) is 6.59. The first-order valence-electron chi connectivity index (χ1n) is 4.64. The zero-order chi connectivity index (χ0) is 10.2. The second-order valence-electron chi connectivity index (χ2n) is 2.97. The lowest BCUT2D eigenvalue weighted by molar-refractivity contribution is 0.0595. The summed E-state index contributed by atoms with van der Waals surface area (Å²) < 4.78 is 15.3. The summed E-state index contributed by atoms with van der Waals surface area (Å²) in [5.41, 5.74) is 1.10. The van der Waals surface area contributed by atoms with Crippen molar-refractivity contribution in [3.8, 4) is 0 Å². The minimum absolute atomic E-state index is 0.186. The summed E-state index contributed by atoms with van der Waals surface area (Å²) in [7, 11) is 3.56. The first-order valence-corrected chi connectivity index (χ1v) is 4.64. The summed E-state index contributed by atoms with van der Waals surface area (Å²) in [5.74, 6) is 0. The maximum absolute atomic E-state index is 5.42. The molecule has 0 bridgehead atoms. The van der Waals surface area contributed by atoms with Crippen molar-refractivity contribution in [1.82, 2.24) is 5.32 Å². The summed E-state index contributed by atoms with van der Waals surface area (Å²) in [5, 5.41) is 3.16. The number of rotatable bonds is 7. The molecule has 0 spiro atoms. The van der Waals surface area contributed by atoms with E-state index in [1.165, 1.54) is 0 Å². The Morgan fingerprint density at radius 2 is 2.36 bits per heavy atom. The SMILES string of the molecule is CNC(COCCOC)c1ccoc1. The zero-order valence-electron chi connectivity index (χ0n) is 8.66. The van der Waals surface area contributed by atoms with Crippen LogP contribution >= 0.6 is 0 Å². The van der Waals surface area contributed by atoms with Crippen LogP contribution in [0.2, 0.25) is 0 Å². The Bertz CT molecular complexity index is 223. The molecule has 1 rings (SSSR count). The molecule has 1 aromatic rings. The largest absolute Gasteiger partial charge is 0.472 e. The van der Waals surface area contributed by atoms with Crippen molar-refractivity contribution >= 4 is 0 Å². The van der Waals surface area contributed by atoms with Gasteiger partial charge in [-0.2, -0.15) is 0 Å². The van der Waals surface area contributed by atoms with Crippen molar-refractivity contribution in [2.24, 2.45) is 0 Å². The van der Waals surface area contributed by atoms with Gasteiger partial charge in [0.25, 0.3) is 0 Å². The number of ether oxygens (including phenoxy) is 2. The molecule has 0 fully saturated rings. The summed E-state index contributed by atoms with van der Waals surface area (Å²) >= 11 is 0. The van der Waals surface area contributed by atoms with Gasteiger partial charge in [0.05, 0.1) is 38.4 Å². The van der Waals surface area contributed by atoms with Crippen LogP contribution in [-0.2, 0) is 9.47 Å². The molecular formula is C10H17NO3. The molecule has 1 heterocycles. The van der Waals surface area contributed by atoms with Gasteiger partial charge in [-0.3, -0.25) is 0 Å². The predicted molar refractivity (Wildman–Crippen MR) is 53.2 cm³/mol. The first-order chi connectivity index (χ1) is 6.88. The van der Waals surface area contributed by atoms with Gasteiger partial charge in [-0.25, -0.2) is 0 Å². The van der Waals surface area contributed by atoms with Crippen LogP contribution in [0.5, 0.6) is 0 Å². The lowest BCUT2D eigenvalue weighted by Crippen LogP contribution is -2.22. The monoisotopic (exact) mass is 199 g/mol. The van der Waals surface area contributed by atoms with Gasteiger partial charge in [0.1, 0.15) is 0 Å². The van der Waals surface area contributed by atoms with E-state index in [1.54, 1.807) is 19.6 Å². The van der Waals surface area contributed by atoms with Crippen LogP contribution in [0.1, 0.15) is 11.6 Å². The highest BCUT2D eigenvalue weighted by atomic mass is 16.5. The van der Waals surface area contributed by atoms with E-state index in [4.69, 9.17) is 13.9 Å². The fourth-order valence-corrected chi connectivity index (χ4v) is 1.16. The highest BCUT2D eigenvalue weighted by Gasteiger charge is 2.09. The molecule has 1 N–H and O–H groups in total. The molecule has 1 unspecified atom stereocenters. The van der Waals surface area contributed by atoms with E-state index in [9.17, 15) is 0 Å². The molecule has 4 heteroatoms. The Hall–Kier alpha value is -0.840. The van der Waals surface area contributed by atoms with Gasteiger partial charge in [-0.05, 0) is 13.1 Å². The van der Waals surface area contributed by atoms with E-state index >= 15 is 0 Å². The average Bonchev–Trinajstić information content (AvgIpc) is 2.71. The molecule has 0 aliphatic heterocycles. The maximum Gasteiger partial charge on any atom is 0.0951 e. The number of hydrogen-bond donors (Lipinski definition) is 1. The Morgan fingerprint density at radius 1 is 1.50 bits per heavy atom. The van der Waals surface area contributed by atoms with Crippen molar-refractivity contribution in [3.05, 3.63) is 24.2 Å². The summed E-state index contributed by atoms with van der Waals surface area (Å²) in [6.07, 6.45) is 3.38. The highest BCUT2D eigenvalue weighted by molar-refractivity contribution is 5.11. The second-order valence-corrected chi connectivity index (χ2v) is 2.97. The Labute approximate surface area is 84.2 Å². The van der Waals surface area contributed by atoms with Crippen molar-refractivity contribution in [1.29, 1.82) is 0 Å². The number of methoxy groups -OCH3 is 1. The molecule has 0 saturated heterocycles. The van der Waals surface area contributed by atoms with Gasteiger partial charge in [0, 0.05) is 12.7 Å². The maximum atomic E-state index is 5.42. The molecule has 0 aromatic carbocycles. The Balaban J connectivity index is 2.26. The van der Waals surface area contributed by atoms with E-state index in [0.29, 0.717) is 19.8 Å². The van der Waals surface area contributed by atoms with Gasteiger partial charge in [-0.15, -0.1) is 0 Å². The molecule has 14 heavy (non-hydrogen) atoms. The predicted octanol–water partition coefficient (Wildman–Crippen LogP) is 1.20. The van der Waals surface area contributed by atoms with Gasteiger partial charge in [0.15, 0.2) is 0 Å². The lowest BCUT2D eigenvalue weighted by atomic mass is 10.2. The highest BCUT2D eigenvalue weighted by Crippen LogP contribution is 2.12. The Kier molecular flexibility index (Phi) is 5.29. The van der Waals surface area contributed by atoms with Gasteiger partial charge in [-0.1, -0.05) is 0 Å². The van der Waals surface area contributed by atoms with E-state index in [2.05, 4.69) is 5.32 Å². The molecule has 4 nitrogen and oxygen atoms in total. The van der Waals surface area contributed by atoms with Gasteiger partial charge < -0.3 is 19.2 Å². The normalized spacial score (nSPS) is 13.0. The Morgan fingerprint density at radius 3 is 2.93 bits per heavy atom. The topological polar surface area (TPSA) is 43.6 Å². The van der Waals surface area contributed by atoms with E-state index in [-0.39, 0.29) is 6.04 Å². The smallest absolute Gasteiger partial charge is 0.0951 e. The third kappa shape index (κ3) is 3.49. The third-order valence-electron chi connectivity index (χ3n) is 2.01. The zero-order valence-corrected chi connectivity index (χ0v) is 8.66. The van der Waals surface area contributed by atoms with Crippen LogP contribution in [0.4, 0.5) is 0 Å². The van der Waals surface area contributed by atoms with Crippen LogP contribution in [-0.4, -0.2) is 34.0 Å². The quantitative estimate of drug-likeness (QED) is 0.670. The van der Waals surface area contributed by atoms with Crippen molar-refractivity contribution in [2.75, 3.05) is 34.0 Å². The average molecular weight is 199 g/mol. The first kappa shape index (κ1) is 11.2. The van der Waals surface area contributed by atoms with Gasteiger partial charge in [0.2, 0.25) is 0 Å². The molecule has 0 aliphatic rings. The summed E-state index contributed by atoms with van der Waals surface area (Å²) in [6.45, 7) is 1.87. The van der Waals surface area contributed by atoms with E-state index in [1.807, 2.05) is 13.1 Å². The summed E-state index contributed by atoms with van der Waals surface area (Å²) in [4.78, 5) is 0. The van der Waals surface area contributed by atoms with Crippen LogP contribution in [0.15, 0.2) is 23.0 Å². The van der Waals surface area contributed by atoms with Crippen molar-refractivity contribution < 1.29 is 13.9 Å². The standard InChI is InChI=1S/C10H17NO3/c1-11-10(8-14-6-5-12-2)9-3-4-13-7-9/h3-4,7,10-11H,5-6,8H2,1-2H3. The van der Waals surface area contributed by atoms with Crippen LogP contribution in [0.25, 0.3) is 0 Å². The fraction of sp³-hybridized carbons (Fsp3) is 0.600. The third-order valence-corrected chi connectivity index (χ3v) is 2.01. The van der Waals surface area contributed by atoms with Crippen LogP contribution in [0, 0.1) is 0 Å². The molecule has 1 atom stereocenters. The van der Waals surface area contributed by atoms with Crippen molar-refractivity contribution in [3.63, 3.8) is 0 Å². The van der Waals surface area contributed by atoms with E-state index in [0.717, 1.165) is 5.56 Å². The minimum Gasteiger partial charge on any atom is -0.472 e. The molecule has 0 saturated carbocycles. The number of furan rings is 1. The molecular weight excluding hydrogens is 182 g/mol. The number of hydrogen-bond acceptors (Lipinski definition) is 4.